The molecule has 2 fully saturated rings. The number of carboxylic acids is 1. The Morgan fingerprint density at radius 1 is 1.08 bits per heavy atom. The van der Waals surface area contributed by atoms with Crippen LogP contribution in [0.15, 0.2) is 36.5 Å². The number of carbonyl (C=O) groups is 2. The third-order valence-electron chi connectivity index (χ3n) is 7.98. The number of nitrogens with zero attached hydrogens (tertiary/aromatic N) is 3. The molecule has 0 spiro atoms. The number of benzene rings is 1. The first-order chi connectivity index (χ1) is 18.2. The van der Waals surface area contributed by atoms with Crippen LogP contribution in [-0.2, 0) is 16.1 Å². The van der Waals surface area contributed by atoms with Crippen molar-refractivity contribution in [1.29, 1.82) is 0 Å². The lowest BCUT2D eigenvalue weighted by Crippen LogP contribution is -2.49. The highest BCUT2D eigenvalue weighted by molar-refractivity contribution is 5.87. The van der Waals surface area contributed by atoms with Gasteiger partial charge in [-0.3, -0.25) is 4.79 Å². The number of rotatable bonds is 8. The third-order valence-corrected chi connectivity index (χ3v) is 7.98. The first kappa shape index (κ1) is 27.8. The Bertz CT molecular complexity index is 1110. The number of carboxylic acid groups (broad SMARTS) is 1. The number of methoxy groups -OCH3 is 2. The van der Waals surface area contributed by atoms with E-state index in [0.717, 1.165) is 43.2 Å². The van der Waals surface area contributed by atoms with E-state index in [1.165, 1.54) is 14.2 Å². The summed E-state index contributed by atoms with van der Waals surface area (Å²) in [5, 5.41) is 14.2. The zero-order chi connectivity index (χ0) is 27.4. The van der Waals surface area contributed by atoms with Crippen molar-refractivity contribution >= 4 is 11.9 Å². The summed E-state index contributed by atoms with van der Waals surface area (Å²) in [6, 6.07) is 8.26. The Morgan fingerprint density at radius 2 is 1.76 bits per heavy atom. The lowest BCUT2D eigenvalue weighted by atomic mass is 9.72. The minimum atomic E-state index is -0.968. The maximum absolute atomic E-state index is 14.1. The summed E-state index contributed by atoms with van der Waals surface area (Å²) in [5.74, 6) is -1.13. The molecule has 0 bridgehead atoms. The van der Waals surface area contributed by atoms with Crippen molar-refractivity contribution in [3.8, 4) is 11.9 Å². The Kier molecular flexibility index (Phi) is 8.55. The molecule has 9 heteroatoms. The van der Waals surface area contributed by atoms with E-state index in [1.807, 2.05) is 30.3 Å². The normalized spacial score (nSPS) is 24.3. The molecule has 2 aromatic rings. The van der Waals surface area contributed by atoms with Gasteiger partial charge in [-0.15, -0.1) is 0 Å². The highest BCUT2D eigenvalue weighted by atomic mass is 16.5. The second-order valence-corrected chi connectivity index (χ2v) is 11.4. The Balaban J connectivity index is 1.78. The number of amides is 1. The predicted molar refractivity (Wildman–Crippen MR) is 143 cm³/mol. The summed E-state index contributed by atoms with van der Waals surface area (Å²) >= 11 is 0. The van der Waals surface area contributed by atoms with Crippen LogP contribution in [-0.4, -0.2) is 58.2 Å². The van der Waals surface area contributed by atoms with Gasteiger partial charge in [0.25, 0.3) is 0 Å². The van der Waals surface area contributed by atoms with Crippen LogP contribution < -0.4 is 14.8 Å². The summed E-state index contributed by atoms with van der Waals surface area (Å²) in [4.78, 5) is 37.3. The molecule has 1 aromatic carbocycles. The van der Waals surface area contributed by atoms with Gasteiger partial charge in [0.2, 0.25) is 11.8 Å². The van der Waals surface area contributed by atoms with Crippen LogP contribution in [0.5, 0.6) is 11.9 Å². The fraction of sp³-hybridized carbons (Fsp3) is 0.586. The van der Waals surface area contributed by atoms with Crippen LogP contribution in [0.2, 0.25) is 0 Å². The molecule has 2 heterocycles. The van der Waals surface area contributed by atoms with Crippen molar-refractivity contribution in [3.63, 3.8) is 0 Å². The molecule has 1 aliphatic heterocycles. The highest BCUT2D eigenvalue weighted by Gasteiger charge is 2.58. The molecule has 1 aromatic heterocycles. The van der Waals surface area contributed by atoms with E-state index in [2.05, 4.69) is 36.1 Å². The van der Waals surface area contributed by atoms with Crippen molar-refractivity contribution in [2.75, 3.05) is 14.2 Å². The fourth-order valence-corrected chi connectivity index (χ4v) is 6.29. The third kappa shape index (κ3) is 5.62. The first-order valence-corrected chi connectivity index (χ1v) is 13.4. The largest absolute Gasteiger partial charge is 0.481 e. The van der Waals surface area contributed by atoms with Crippen molar-refractivity contribution in [2.45, 2.75) is 77.5 Å². The fourth-order valence-electron chi connectivity index (χ4n) is 6.29. The van der Waals surface area contributed by atoms with Gasteiger partial charge in [-0.05, 0) is 23.8 Å². The van der Waals surface area contributed by atoms with Gasteiger partial charge in [0.15, 0.2) is 0 Å². The van der Waals surface area contributed by atoms with Gasteiger partial charge in [0.05, 0.1) is 20.3 Å². The number of aliphatic carboxylic acids is 1. The smallest absolute Gasteiger partial charge is 0.326 e. The molecule has 1 saturated heterocycles. The van der Waals surface area contributed by atoms with Gasteiger partial charge in [-0.2, -0.15) is 4.98 Å². The van der Waals surface area contributed by atoms with E-state index in [0.29, 0.717) is 12.4 Å². The van der Waals surface area contributed by atoms with Crippen molar-refractivity contribution in [2.24, 2.45) is 17.3 Å². The van der Waals surface area contributed by atoms with Crippen LogP contribution >= 0.6 is 0 Å². The summed E-state index contributed by atoms with van der Waals surface area (Å²) in [6.45, 7) is 6.49. The standard InChI is InChI=1S/C29H40N4O5/c1-29(2,3)21-22(30-16-20-17-31-28(38-5)32-25(20)37-4)23(18-12-8-6-9-13-18)33(24(21)27(35)36)26(34)19-14-10-7-11-15-19/h6,8-9,12-13,17,19,21-24,30H,7,10-11,14-16H2,1-5H3,(H,35,36). The average molecular weight is 525 g/mol. The Labute approximate surface area is 225 Å². The maximum atomic E-state index is 14.1. The molecular weight excluding hydrogens is 484 g/mol. The second-order valence-electron chi connectivity index (χ2n) is 11.4. The maximum Gasteiger partial charge on any atom is 0.326 e. The van der Waals surface area contributed by atoms with Crippen molar-refractivity contribution < 1.29 is 24.2 Å². The lowest BCUT2D eigenvalue weighted by molar-refractivity contribution is -0.154. The number of nitrogens with one attached hydrogen (secondary N) is 1. The van der Waals surface area contributed by atoms with Gasteiger partial charge in [-0.25, -0.2) is 9.78 Å². The van der Waals surface area contributed by atoms with Crippen LogP contribution in [0.3, 0.4) is 0 Å². The minimum Gasteiger partial charge on any atom is -0.481 e. The molecule has 1 saturated carbocycles. The summed E-state index contributed by atoms with van der Waals surface area (Å²) < 4.78 is 10.6. The molecule has 38 heavy (non-hydrogen) atoms. The van der Waals surface area contributed by atoms with Crippen LogP contribution in [0.25, 0.3) is 0 Å². The van der Waals surface area contributed by atoms with Gasteiger partial charge < -0.3 is 24.8 Å². The molecular formula is C29H40N4O5. The highest BCUT2D eigenvalue weighted by Crippen LogP contribution is 2.49. The van der Waals surface area contributed by atoms with Crippen molar-refractivity contribution in [3.05, 3.63) is 47.7 Å². The molecule has 4 rings (SSSR count). The average Bonchev–Trinajstić information content (AvgIpc) is 3.28. The van der Waals surface area contributed by atoms with Crippen LogP contribution in [0, 0.1) is 17.3 Å². The van der Waals surface area contributed by atoms with Gasteiger partial charge in [-0.1, -0.05) is 70.4 Å². The molecule has 1 amide bonds. The number of hydrogen-bond donors (Lipinski definition) is 2. The first-order valence-electron chi connectivity index (χ1n) is 13.4. The lowest BCUT2D eigenvalue weighted by Gasteiger charge is -2.36. The van der Waals surface area contributed by atoms with E-state index in [1.54, 1.807) is 11.1 Å². The van der Waals surface area contributed by atoms with Gasteiger partial charge >= 0.3 is 12.0 Å². The van der Waals surface area contributed by atoms with Gasteiger partial charge in [0, 0.05) is 36.2 Å². The molecule has 2 N–H and O–H groups in total. The SMILES string of the molecule is COc1ncc(CNC2C(c3ccccc3)N(C(=O)C3CCCCC3)C(C(=O)O)C2C(C)(C)C)c(OC)n1. The second kappa shape index (κ2) is 11.7. The van der Waals surface area contributed by atoms with Crippen LogP contribution in [0.4, 0.5) is 0 Å². The summed E-state index contributed by atoms with van der Waals surface area (Å²) in [6.07, 6.45) is 6.38. The molecule has 1 aliphatic carbocycles. The molecule has 4 unspecified atom stereocenters. The van der Waals surface area contributed by atoms with E-state index >= 15 is 0 Å². The topological polar surface area (TPSA) is 114 Å². The van der Waals surface area contributed by atoms with Crippen LogP contribution in [0.1, 0.15) is 70.0 Å². The van der Waals surface area contributed by atoms with E-state index in [-0.39, 0.29) is 29.8 Å². The van der Waals surface area contributed by atoms with E-state index in [4.69, 9.17) is 9.47 Å². The Morgan fingerprint density at radius 3 is 2.34 bits per heavy atom. The molecule has 206 valence electrons. The number of carbonyl (C=O) groups excluding carboxylic acids is 1. The molecule has 9 nitrogen and oxygen atoms in total. The van der Waals surface area contributed by atoms with E-state index in [9.17, 15) is 14.7 Å². The summed E-state index contributed by atoms with van der Waals surface area (Å²) in [7, 11) is 3.03. The quantitative estimate of drug-likeness (QED) is 0.527. The monoisotopic (exact) mass is 524 g/mol. The Hall–Kier alpha value is -3.20. The predicted octanol–water partition coefficient (Wildman–Crippen LogP) is 4.23. The molecule has 0 radical (unpaired) electrons. The number of ether oxygens (including phenoxy) is 2. The number of hydrogen-bond acceptors (Lipinski definition) is 7. The zero-order valence-corrected chi connectivity index (χ0v) is 23.0. The zero-order valence-electron chi connectivity index (χ0n) is 23.0. The number of likely N-dealkylation sites (tertiary alicyclic amines) is 1. The van der Waals surface area contributed by atoms with Crippen molar-refractivity contribution in [1.82, 2.24) is 20.2 Å². The molecule has 2 aliphatic rings. The molecule has 4 atom stereocenters. The van der Waals surface area contributed by atoms with Gasteiger partial charge in [0.1, 0.15) is 6.04 Å². The number of aromatic nitrogens is 2. The van der Waals surface area contributed by atoms with E-state index < -0.39 is 23.5 Å². The minimum absolute atomic E-state index is 0.0464. The summed E-state index contributed by atoms with van der Waals surface area (Å²) in [5.41, 5.74) is 1.23.